The van der Waals surface area contributed by atoms with Crippen molar-refractivity contribution in [2.75, 3.05) is 19.0 Å². The van der Waals surface area contributed by atoms with Crippen LogP contribution in [0.3, 0.4) is 0 Å². The molecule has 6 nitrogen and oxygen atoms in total. The minimum Gasteiger partial charge on any atom is -0.495 e. The summed E-state index contributed by atoms with van der Waals surface area (Å²) in [7, 11) is 1.52. The molecule has 0 radical (unpaired) electrons. The molecular formula is C21H23ClN2O4S. The van der Waals surface area contributed by atoms with Crippen LogP contribution in [0.25, 0.3) is 0 Å². The lowest BCUT2D eigenvalue weighted by Gasteiger charge is -2.11. The van der Waals surface area contributed by atoms with Crippen molar-refractivity contribution < 1.29 is 19.1 Å². The van der Waals surface area contributed by atoms with Crippen LogP contribution in [-0.4, -0.2) is 30.7 Å². The van der Waals surface area contributed by atoms with E-state index in [4.69, 9.17) is 33.3 Å². The monoisotopic (exact) mass is 434 g/mol. The third-order valence-corrected chi connectivity index (χ3v) is 4.43. The Bertz CT molecular complexity index is 846. The van der Waals surface area contributed by atoms with Gasteiger partial charge in [0.25, 0.3) is 0 Å². The fourth-order valence-electron chi connectivity index (χ4n) is 2.49. The molecule has 0 spiro atoms. The van der Waals surface area contributed by atoms with Crippen molar-refractivity contribution >= 4 is 46.5 Å². The molecule has 0 aliphatic heterocycles. The third kappa shape index (κ3) is 8.50. The van der Waals surface area contributed by atoms with Crippen LogP contribution in [0.5, 0.6) is 5.75 Å². The third-order valence-electron chi connectivity index (χ3n) is 3.93. The molecule has 154 valence electrons. The lowest BCUT2D eigenvalue weighted by molar-refractivity contribution is -0.145. The predicted octanol–water partition coefficient (Wildman–Crippen LogP) is 4.12. The van der Waals surface area contributed by atoms with E-state index in [0.29, 0.717) is 23.1 Å². The Kier molecular flexibility index (Phi) is 9.40. The van der Waals surface area contributed by atoms with Gasteiger partial charge in [-0.05, 0) is 48.8 Å². The van der Waals surface area contributed by atoms with Crippen molar-refractivity contribution in [2.45, 2.75) is 25.7 Å². The molecule has 2 rings (SSSR count). The smallest absolute Gasteiger partial charge is 0.306 e. The number of rotatable bonds is 9. The first-order chi connectivity index (χ1) is 14.0. The number of thiocarbonyl (C=S) groups is 1. The van der Waals surface area contributed by atoms with Crippen molar-refractivity contribution in [2.24, 2.45) is 0 Å². The number of aryl methyl sites for hydroxylation is 1. The van der Waals surface area contributed by atoms with Crippen molar-refractivity contribution in [3.63, 3.8) is 0 Å². The summed E-state index contributed by atoms with van der Waals surface area (Å²) in [5, 5.41) is 5.91. The summed E-state index contributed by atoms with van der Waals surface area (Å²) < 4.78 is 10.2. The van der Waals surface area contributed by atoms with Crippen molar-refractivity contribution in [1.82, 2.24) is 5.32 Å². The molecule has 0 atom stereocenters. The Morgan fingerprint density at radius 1 is 1.10 bits per heavy atom. The van der Waals surface area contributed by atoms with Crippen molar-refractivity contribution in [1.29, 1.82) is 0 Å². The second-order valence-corrected chi connectivity index (χ2v) is 6.98. The zero-order valence-corrected chi connectivity index (χ0v) is 17.6. The highest BCUT2D eigenvalue weighted by molar-refractivity contribution is 7.80. The fourth-order valence-corrected chi connectivity index (χ4v) is 2.98. The van der Waals surface area contributed by atoms with Crippen LogP contribution in [0.2, 0.25) is 5.02 Å². The van der Waals surface area contributed by atoms with E-state index in [2.05, 4.69) is 10.6 Å². The first-order valence-electron chi connectivity index (χ1n) is 9.12. The second kappa shape index (κ2) is 12.0. The van der Waals surface area contributed by atoms with Gasteiger partial charge >= 0.3 is 5.97 Å². The van der Waals surface area contributed by atoms with Crippen LogP contribution >= 0.6 is 23.8 Å². The van der Waals surface area contributed by atoms with Gasteiger partial charge in [0.15, 0.2) is 5.11 Å². The molecule has 2 aromatic rings. The Hall–Kier alpha value is -2.64. The van der Waals surface area contributed by atoms with Gasteiger partial charge in [0.2, 0.25) is 5.91 Å². The Morgan fingerprint density at radius 3 is 2.55 bits per heavy atom. The summed E-state index contributed by atoms with van der Waals surface area (Å²) >= 11 is 11.1. The number of benzene rings is 2. The standard InChI is InChI=1S/C21H23ClN2O4S/c1-27-18-10-9-16(14-17(18)22)23-21(29)24-19(25)11-12-20(26)28-13-5-8-15-6-3-2-4-7-15/h2-4,6-7,9-10,14H,5,8,11-13H2,1H3,(H2,23,24,25,29). The van der Waals surface area contributed by atoms with Gasteiger partial charge in [0.1, 0.15) is 5.75 Å². The summed E-state index contributed by atoms with van der Waals surface area (Å²) in [5.74, 6) is -0.244. The number of carbonyl (C=O) groups excluding carboxylic acids is 2. The highest BCUT2D eigenvalue weighted by Gasteiger charge is 2.10. The van der Waals surface area contributed by atoms with E-state index < -0.39 is 5.97 Å². The van der Waals surface area contributed by atoms with Gasteiger partial charge in [-0.3, -0.25) is 9.59 Å². The minimum absolute atomic E-state index is 0.00581. The summed E-state index contributed by atoms with van der Waals surface area (Å²) in [4.78, 5) is 23.7. The van der Waals surface area contributed by atoms with Gasteiger partial charge in [0, 0.05) is 12.1 Å². The van der Waals surface area contributed by atoms with Crippen LogP contribution in [0.4, 0.5) is 5.69 Å². The number of esters is 1. The first kappa shape index (κ1) is 22.6. The first-order valence-corrected chi connectivity index (χ1v) is 9.90. The molecule has 0 bridgehead atoms. The molecule has 0 fully saturated rings. The van der Waals surface area contributed by atoms with Crippen molar-refractivity contribution in [3.05, 3.63) is 59.1 Å². The number of ether oxygens (including phenoxy) is 2. The molecule has 8 heteroatoms. The lowest BCUT2D eigenvalue weighted by Crippen LogP contribution is -2.34. The average molecular weight is 435 g/mol. The van der Waals surface area contributed by atoms with Crippen LogP contribution in [0.1, 0.15) is 24.8 Å². The number of anilines is 1. The van der Waals surface area contributed by atoms with E-state index in [1.807, 2.05) is 30.3 Å². The van der Waals surface area contributed by atoms with Gasteiger partial charge in [-0.1, -0.05) is 41.9 Å². The minimum atomic E-state index is -0.408. The predicted molar refractivity (Wildman–Crippen MR) is 117 cm³/mol. The van der Waals surface area contributed by atoms with Crippen LogP contribution in [0, 0.1) is 0 Å². The number of hydrogen-bond acceptors (Lipinski definition) is 5. The maximum Gasteiger partial charge on any atom is 0.306 e. The van der Waals surface area contributed by atoms with Gasteiger partial charge in [-0.15, -0.1) is 0 Å². The summed E-state index contributed by atoms with van der Waals surface area (Å²) in [6.45, 7) is 0.327. The molecule has 2 N–H and O–H groups in total. The maximum atomic E-state index is 11.9. The molecule has 0 aliphatic carbocycles. The number of hydrogen-bond donors (Lipinski definition) is 2. The highest BCUT2D eigenvalue weighted by atomic mass is 35.5. The van der Waals surface area contributed by atoms with Crippen molar-refractivity contribution in [3.8, 4) is 5.75 Å². The quantitative estimate of drug-likeness (QED) is 0.351. The molecule has 0 saturated heterocycles. The SMILES string of the molecule is COc1ccc(NC(=S)NC(=O)CCC(=O)OCCCc2ccccc2)cc1Cl. The van der Waals surface area contributed by atoms with Crippen LogP contribution < -0.4 is 15.4 Å². The molecule has 0 unspecified atom stereocenters. The summed E-state index contributed by atoms with van der Waals surface area (Å²) in [6, 6.07) is 15.0. The topological polar surface area (TPSA) is 76.7 Å². The van der Waals surface area contributed by atoms with E-state index in [0.717, 1.165) is 12.8 Å². The van der Waals surface area contributed by atoms with E-state index in [9.17, 15) is 9.59 Å². The normalized spacial score (nSPS) is 10.1. The van der Waals surface area contributed by atoms with Gasteiger partial charge in [0.05, 0.1) is 25.2 Å². The Balaban J connectivity index is 1.62. The molecular weight excluding hydrogens is 412 g/mol. The van der Waals surface area contributed by atoms with Crippen LogP contribution in [0.15, 0.2) is 48.5 Å². The largest absolute Gasteiger partial charge is 0.495 e. The molecule has 1 amide bonds. The van der Waals surface area contributed by atoms with E-state index >= 15 is 0 Å². The second-order valence-electron chi connectivity index (χ2n) is 6.16. The molecule has 0 heterocycles. The maximum absolute atomic E-state index is 11.9. The number of amides is 1. The number of nitrogens with one attached hydrogen (secondary N) is 2. The van der Waals surface area contributed by atoms with Crippen LogP contribution in [-0.2, 0) is 20.7 Å². The highest BCUT2D eigenvalue weighted by Crippen LogP contribution is 2.27. The van der Waals surface area contributed by atoms with E-state index in [1.54, 1.807) is 18.2 Å². The summed E-state index contributed by atoms with van der Waals surface area (Å²) in [6.07, 6.45) is 1.56. The number of carbonyl (C=O) groups is 2. The molecule has 29 heavy (non-hydrogen) atoms. The Morgan fingerprint density at radius 2 is 1.86 bits per heavy atom. The average Bonchev–Trinajstić information content (AvgIpc) is 2.70. The molecule has 0 aromatic heterocycles. The van der Waals surface area contributed by atoms with E-state index in [1.165, 1.54) is 12.7 Å². The lowest BCUT2D eigenvalue weighted by atomic mass is 10.1. The zero-order valence-electron chi connectivity index (χ0n) is 16.1. The van der Waals surface area contributed by atoms with Gasteiger partial charge in [-0.2, -0.15) is 0 Å². The fraction of sp³-hybridized carbons (Fsp3) is 0.286. The molecule has 2 aromatic carbocycles. The zero-order chi connectivity index (χ0) is 21.1. The molecule has 0 saturated carbocycles. The Labute approximate surface area is 180 Å². The van der Waals surface area contributed by atoms with Gasteiger partial charge < -0.3 is 20.1 Å². The van der Waals surface area contributed by atoms with E-state index in [-0.39, 0.29) is 23.9 Å². The summed E-state index contributed by atoms with van der Waals surface area (Å²) in [5.41, 5.74) is 1.81. The number of methoxy groups -OCH3 is 1. The molecule has 0 aliphatic rings. The van der Waals surface area contributed by atoms with Gasteiger partial charge in [-0.25, -0.2) is 0 Å². The number of halogens is 1.